The van der Waals surface area contributed by atoms with Crippen molar-refractivity contribution in [3.05, 3.63) is 34.6 Å². The van der Waals surface area contributed by atoms with Gasteiger partial charge < -0.3 is 14.2 Å². The maximum absolute atomic E-state index is 14.0. The smallest absolute Gasteiger partial charge is 0.318 e. The summed E-state index contributed by atoms with van der Waals surface area (Å²) in [7, 11) is 0. The van der Waals surface area contributed by atoms with Gasteiger partial charge in [-0.3, -0.25) is 0 Å². The molecule has 0 aromatic heterocycles. The van der Waals surface area contributed by atoms with E-state index >= 15 is 0 Å². The summed E-state index contributed by atoms with van der Waals surface area (Å²) in [4.78, 5) is 0. The number of ether oxygens (including phenoxy) is 3. The van der Waals surface area contributed by atoms with Gasteiger partial charge in [-0.1, -0.05) is 20.8 Å². The van der Waals surface area contributed by atoms with Crippen LogP contribution in [0.25, 0.3) is 0 Å². The molecule has 0 atom stereocenters. The van der Waals surface area contributed by atoms with Gasteiger partial charge >= 0.3 is 5.97 Å². The number of benzene rings is 1. The molecule has 4 rings (SSSR count). The molecule has 23 heavy (non-hydrogen) atoms. The quantitative estimate of drug-likeness (QED) is 0.445. The Morgan fingerprint density at radius 3 is 1.39 bits per heavy atom. The SMILES string of the molecule is CC(C)(C)C12COC(c3c(F)c(F)c(F)c(F)c3F)(OC1)OC2. The summed E-state index contributed by atoms with van der Waals surface area (Å²) in [5.41, 5.74) is -2.13. The number of hydrogen-bond acceptors (Lipinski definition) is 3. The molecule has 3 fully saturated rings. The Balaban J connectivity index is 2.07. The second-order valence-corrected chi connectivity index (χ2v) is 6.90. The van der Waals surface area contributed by atoms with E-state index in [1.807, 2.05) is 20.8 Å². The van der Waals surface area contributed by atoms with E-state index in [9.17, 15) is 22.0 Å². The Kier molecular flexibility index (Phi) is 3.52. The second-order valence-electron chi connectivity index (χ2n) is 6.90. The summed E-state index contributed by atoms with van der Waals surface area (Å²) in [5, 5.41) is 0. The van der Waals surface area contributed by atoms with Crippen LogP contribution in [0.2, 0.25) is 0 Å². The van der Waals surface area contributed by atoms with Crippen LogP contribution in [0, 0.1) is 39.9 Å². The number of fused-ring (bicyclic) bond motifs is 3. The van der Waals surface area contributed by atoms with Crippen molar-refractivity contribution in [2.24, 2.45) is 10.8 Å². The van der Waals surface area contributed by atoms with Crippen molar-refractivity contribution in [1.29, 1.82) is 0 Å². The van der Waals surface area contributed by atoms with E-state index in [0.717, 1.165) is 0 Å². The first-order chi connectivity index (χ1) is 10.5. The van der Waals surface area contributed by atoms with Crippen LogP contribution in [0.3, 0.4) is 0 Å². The maximum Gasteiger partial charge on any atom is 0.318 e. The summed E-state index contributed by atoms with van der Waals surface area (Å²) in [6.07, 6.45) is 0. The first-order valence-electron chi connectivity index (χ1n) is 6.98. The Labute approximate surface area is 129 Å². The third-order valence-electron chi connectivity index (χ3n) is 4.72. The molecule has 0 spiro atoms. The highest BCUT2D eigenvalue weighted by Gasteiger charge is 2.60. The van der Waals surface area contributed by atoms with Gasteiger partial charge in [0.05, 0.1) is 19.8 Å². The Bertz CT molecular complexity index is 615. The monoisotopic (exact) mass is 338 g/mol. The lowest BCUT2D eigenvalue weighted by molar-refractivity contribution is -0.491. The van der Waals surface area contributed by atoms with Gasteiger partial charge in [0.2, 0.25) is 5.82 Å². The molecule has 0 saturated carbocycles. The van der Waals surface area contributed by atoms with Gasteiger partial charge in [0.1, 0.15) is 5.56 Å². The van der Waals surface area contributed by atoms with Crippen LogP contribution < -0.4 is 0 Å². The maximum atomic E-state index is 14.0. The first-order valence-corrected chi connectivity index (χ1v) is 6.98. The molecule has 3 nitrogen and oxygen atoms in total. The van der Waals surface area contributed by atoms with E-state index in [0.29, 0.717) is 0 Å². The lowest BCUT2D eigenvalue weighted by Crippen LogP contribution is -2.63. The normalized spacial score (nSPS) is 30.8. The fraction of sp³-hybridized carbons (Fsp3) is 0.600. The highest BCUT2D eigenvalue weighted by molar-refractivity contribution is 5.28. The predicted octanol–water partition coefficient (Wildman–Crippen LogP) is 3.60. The molecule has 0 aliphatic carbocycles. The zero-order chi connectivity index (χ0) is 17.2. The molecular weight excluding hydrogens is 323 g/mol. The molecule has 0 amide bonds. The summed E-state index contributed by atoms with van der Waals surface area (Å²) in [6.45, 7) is 5.78. The molecule has 3 aliphatic rings. The average molecular weight is 338 g/mol. The Morgan fingerprint density at radius 2 is 1.04 bits per heavy atom. The Morgan fingerprint density at radius 1 is 0.696 bits per heavy atom. The zero-order valence-electron chi connectivity index (χ0n) is 12.7. The van der Waals surface area contributed by atoms with Gasteiger partial charge in [-0.25, -0.2) is 22.0 Å². The molecule has 0 N–H and O–H groups in total. The van der Waals surface area contributed by atoms with Crippen LogP contribution in [-0.2, 0) is 20.2 Å². The van der Waals surface area contributed by atoms with Gasteiger partial charge in [0.15, 0.2) is 23.3 Å². The lowest BCUT2D eigenvalue weighted by atomic mass is 9.67. The minimum Gasteiger partial charge on any atom is -0.323 e. The molecule has 128 valence electrons. The third kappa shape index (κ3) is 2.11. The van der Waals surface area contributed by atoms with Crippen molar-refractivity contribution in [1.82, 2.24) is 0 Å². The summed E-state index contributed by atoms with van der Waals surface area (Å²) >= 11 is 0. The lowest BCUT2D eigenvalue weighted by Gasteiger charge is -2.56. The van der Waals surface area contributed by atoms with Crippen molar-refractivity contribution in [3.8, 4) is 0 Å². The molecule has 0 radical (unpaired) electrons. The molecule has 3 heterocycles. The van der Waals surface area contributed by atoms with Crippen molar-refractivity contribution >= 4 is 0 Å². The minimum absolute atomic E-state index is 0.00992. The van der Waals surface area contributed by atoms with E-state index in [1.165, 1.54) is 0 Å². The van der Waals surface area contributed by atoms with Gasteiger partial charge in [-0.05, 0) is 5.41 Å². The minimum atomic E-state index is -2.42. The molecule has 2 bridgehead atoms. The molecule has 0 unspecified atom stereocenters. The van der Waals surface area contributed by atoms with E-state index < -0.39 is 46.0 Å². The predicted molar refractivity (Wildman–Crippen MR) is 67.7 cm³/mol. The topological polar surface area (TPSA) is 27.7 Å². The number of hydrogen-bond donors (Lipinski definition) is 0. The van der Waals surface area contributed by atoms with Crippen molar-refractivity contribution < 1.29 is 36.2 Å². The standard InChI is InChI=1S/C15H15F5O3/c1-13(2,3)14-4-21-15(22-5-14,23-6-14)7-8(16)10(18)12(20)11(19)9(7)17/h4-6H2,1-3H3. The van der Waals surface area contributed by atoms with Gasteiger partial charge in [-0.2, -0.15) is 0 Å². The average Bonchev–Trinajstić information content (AvgIpc) is 2.52. The van der Waals surface area contributed by atoms with Crippen LogP contribution in [-0.4, -0.2) is 19.8 Å². The molecular formula is C15H15F5O3. The van der Waals surface area contributed by atoms with Crippen LogP contribution in [0.4, 0.5) is 22.0 Å². The van der Waals surface area contributed by atoms with Crippen LogP contribution in [0.15, 0.2) is 0 Å². The van der Waals surface area contributed by atoms with Gasteiger partial charge in [-0.15, -0.1) is 0 Å². The van der Waals surface area contributed by atoms with Crippen LogP contribution in [0.5, 0.6) is 0 Å². The number of halogens is 5. The van der Waals surface area contributed by atoms with E-state index in [-0.39, 0.29) is 25.2 Å². The van der Waals surface area contributed by atoms with Gasteiger partial charge in [0.25, 0.3) is 0 Å². The van der Waals surface area contributed by atoms with E-state index in [4.69, 9.17) is 14.2 Å². The fourth-order valence-corrected chi connectivity index (χ4v) is 2.69. The molecule has 1 aromatic carbocycles. The fourth-order valence-electron chi connectivity index (χ4n) is 2.69. The van der Waals surface area contributed by atoms with Crippen LogP contribution in [0.1, 0.15) is 26.3 Å². The van der Waals surface area contributed by atoms with Crippen molar-refractivity contribution in [3.63, 3.8) is 0 Å². The summed E-state index contributed by atoms with van der Waals surface area (Å²) < 4.78 is 83.9. The van der Waals surface area contributed by atoms with E-state index in [2.05, 4.69) is 0 Å². The molecule has 8 heteroatoms. The molecule has 3 saturated heterocycles. The largest absolute Gasteiger partial charge is 0.323 e. The van der Waals surface area contributed by atoms with Crippen molar-refractivity contribution in [2.45, 2.75) is 26.7 Å². The molecule has 3 aliphatic heterocycles. The van der Waals surface area contributed by atoms with Crippen molar-refractivity contribution in [2.75, 3.05) is 19.8 Å². The first kappa shape index (κ1) is 16.6. The van der Waals surface area contributed by atoms with Crippen LogP contribution >= 0.6 is 0 Å². The van der Waals surface area contributed by atoms with E-state index in [1.54, 1.807) is 0 Å². The zero-order valence-corrected chi connectivity index (χ0v) is 12.7. The third-order valence-corrected chi connectivity index (χ3v) is 4.72. The molecule has 1 aromatic rings. The highest BCUT2D eigenvalue weighted by atomic mass is 19.2. The Hall–Kier alpha value is -1.25. The summed E-state index contributed by atoms with van der Waals surface area (Å²) in [5.74, 6) is -12.8. The second kappa shape index (κ2) is 4.87. The highest BCUT2D eigenvalue weighted by Crippen LogP contribution is 2.52. The summed E-state index contributed by atoms with van der Waals surface area (Å²) in [6, 6.07) is 0. The van der Waals surface area contributed by atoms with Gasteiger partial charge in [0, 0.05) is 5.41 Å². The number of rotatable bonds is 1.